The van der Waals surface area contributed by atoms with Crippen molar-refractivity contribution in [1.82, 2.24) is 15.5 Å². The van der Waals surface area contributed by atoms with Crippen molar-refractivity contribution >= 4 is 11.9 Å². The summed E-state index contributed by atoms with van der Waals surface area (Å²) < 4.78 is 5.65. The molecule has 6 nitrogen and oxygen atoms in total. The van der Waals surface area contributed by atoms with Crippen LogP contribution in [0, 0.1) is 0 Å². The third-order valence-electron chi connectivity index (χ3n) is 3.94. The second kappa shape index (κ2) is 11.0. The lowest BCUT2D eigenvalue weighted by Crippen LogP contribution is -2.38. The lowest BCUT2D eigenvalue weighted by molar-refractivity contribution is 0.0827. The Morgan fingerprint density at radius 3 is 2.33 bits per heavy atom. The molecule has 0 aliphatic rings. The molecule has 0 bridgehead atoms. The van der Waals surface area contributed by atoms with Gasteiger partial charge in [0.05, 0.1) is 13.2 Å². The number of ether oxygens (including phenoxy) is 1. The second-order valence-corrected chi connectivity index (χ2v) is 6.29. The van der Waals surface area contributed by atoms with Gasteiger partial charge in [0, 0.05) is 39.8 Å². The maximum absolute atomic E-state index is 11.9. The fourth-order valence-corrected chi connectivity index (χ4v) is 2.44. The monoisotopic (exact) mass is 368 g/mol. The molecule has 2 aromatic carbocycles. The molecule has 0 atom stereocenters. The summed E-state index contributed by atoms with van der Waals surface area (Å²) >= 11 is 0. The number of aliphatic imine (C=N–C) groups is 1. The molecule has 2 N–H and O–H groups in total. The highest BCUT2D eigenvalue weighted by Gasteiger charge is 2.07. The van der Waals surface area contributed by atoms with Gasteiger partial charge < -0.3 is 20.3 Å². The first-order chi connectivity index (χ1) is 13.1. The highest BCUT2D eigenvalue weighted by Crippen LogP contribution is 2.06. The SMILES string of the molecule is CN=C(NCCOCc1ccccc1)NCc1ccc(C(=O)N(C)C)cc1. The molecule has 0 radical (unpaired) electrons. The zero-order valence-corrected chi connectivity index (χ0v) is 16.2. The Morgan fingerprint density at radius 1 is 1.00 bits per heavy atom. The van der Waals surface area contributed by atoms with Gasteiger partial charge in [0.25, 0.3) is 5.91 Å². The molecular formula is C21H28N4O2. The van der Waals surface area contributed by atoms with Crippen molar-refractivity contribution in [2.45, 2.75) is 13.2 Å². The molecule has 6 heteroatoms. The van der Waals surface area contributed by atoms with Crippen LogP contribution in [0.3, 0.4) is 0 Å². The number of nitrogens with one attached hydrogen (secondary N) is 2. The van der Waals surface area contributed by atoms with E-state index in [4.69, 9.17) is 4.74 Å². The first kappa shape index (κ1) is 20.5. The summed E-state index contributed by atoms with van der Waals surface area (Å²) in [6.07, 6.45) is 0. The molecule has 0 spiro atoms. The van der Waals surface area contributed by atoms with Crippen molar-refractivity contribution in [3.8, 4) is 0 Å². The summed E-state index contributed by atoms with van der Waals surface area (Å²) in [6.45, 7) is 2.49. The summed E-state index contributed by atoms with van der Waals surface area (Å²) in [4.78, 5) is 17.7. The van der Waals surface area contributed by atoms with Crippen molar-refractivity contribution < 1.29 is 9.53 Å². The van der Waals surface area contributed by atoms with Gasteiger partial charge in [-0.1, -0.05) is 42.5 Å². The first-order valence-corrected chi connectivity index (χ1v) is 8.97. The quantitative estimate of drug-likeness (QED) is 0.426. The van der Waals surface area contributed by atoms with E-state index < -0.39 is 0 Å². The second-order valence-electron chi connectivity index (χ2n) is 6.29. The van der Waals surface area contributed by atoms with Gasteiger partial charge in [-0.15, -0.1) is 0 Å². The molecule has 0 fully saturated rings. The maximum Gasteiger partial charge on any atom is 0.253 e. The molecule has 0 aliphatic heterocycles. The van der Waals surface area contributed by atoms with E-state index in [1.165, 1.54) is 0 Å². The van der Waals surface area contributed by atoms with E-state index in [1.807, 2.05) is 54.6 Å². The van der Waals surface area contributed by atoms with Crippen LogP contribution in [0.25, 0.3) is 0 Å². The Labute approximate surface area is 161 Å². The van der Waals surface area contributed by atoms with Crippen LogP contribution in [0.5, 0.6) is 0 Å². The maximum atomic E-state index is 11.9. The molecule has 0 heterocycles. The van der Waals surface area contributed by atoms with Crippen LogP contribution in [0.15, 0.2) is 59.6 Å². The largest absolute Gasteiger partial charge is 0.375 e. The number of hydrogen-bond donors (Lipinski definition) is 2. The van der Waals surface area contributed by atoms with Gasteiger partial charge in [0.1, 0.15) is 0 Å². The minimum absolute atomic E-state index is 0.00230. The van der Waals surface area contributed by atoms with Crippen molar-refractivity contribution in [3.63, 3.8) is 0 Å². The molecule has 2 aromatic rings. The number of carbonyl (C=O) groups is 1. The summed E-state index contributed by atoms with van der Waals surface area (Å²) in [5.74, 6) is 0.717. The van der Waals surface area contributed by atoms with Gasteiger partial charge in [-0.2, -0.15) is 0 Å². The smallest absolute Gasteiger partial charge is 0.253 e. The zero-order valence-electron chi connectivity index (χ0n) is 16.2. The third-order valence-corrected chi connectivity index (χ3v) is 3.94. The number of carbonyl (C=O) groups excluding carboxylic acids is 1. The number of benzene rings is 2. The average Bonchev–Trinajstić information content (AvgIpc) is 2.70. The van der Waals surface area contributed by atoms with Crippen LogP contribution < -0.4 is 10.6 Å². The molecular weight excluding hydrogens is 340 g/mol. The first-order valence-electron chi connectivity index (χ1n) is 8.97. The highest BCUT2D eigenvalue weighted by molar-refractivity contribution is 5.93. The van der Waals surface area contributed by atoms with Crippen molar-refractivity contribution in [2.24, 2.45) is 4.99 Å². The van der Waals surface area contributed by atoms with E-state index in [-0.39, 0.29) is 5.91 Å². The molecule has 1 amide bonds. The molecule has 144 valence electrons. The fourth-order valence-electron chi connectivity index (χ4n) is 2.44. The topological polar surface area (TPSA) is 66.0 Å². The summed E-state index contributed by atoms with van der Waals surface area (Å²) in [7, 11) is 5.23. The summed E-state index contributed by atoms with van der Waals surface area (Å²) in [6, 6.07) is 17.7. The average molecular weight is 368 g/mol. The van der Waals surface area contributed by atoms with Gasteiger partial charge in [0.15, 0.2) is 5.96 Å². The van der Waals surface area contributed by atoms with Crippen LogP contribution in [0.2, 0.25) is 0 Å². The van der Waals surface area contributed by atoms with E-state index in [9.17, 15) is 4.79 Å². The predicted octanol–water partition coefficient (Wildman–Crippen LogP) is 2.27. The van der Waals surface area contributed by atoms with Gasteiger partial charge in [-0.05, 0) is 23.3 Å². The van der Waals surface area contributed by atoms with Crippen LogP contribution in [0.4, 0.5) is 0 Å². The normalized spacial score (nSPS) is 11.1. The minimum atomic E-state index is 0.00230. The molecule has 0 unspecified atom stereocenters. The van der Waals surface area contributed by atoms with Gasteiger partial charge in [-0.25, -0.2) is 0 Å². The number of nitrogens with zero attached hydrogens (tertiary/aromatic N) is 2. The van der Waals surface area contributed by atoms with Crippen LogP contribution in [-0.4, -0.2) is 51.1 Å². The van der Waals surface area contributed by atoms with Crippen molar-refractivity contribution in [2.75, 3.05) is 34.3 Å². The van der Waals surface area contributed by atoms with Crippen molar-refractivity contribution in [1.29, 1.82) is 0 Å². The van der Waals surface area contributed by atoms with Crippen LogP contribution >= 0.6 is 0 Å². The molecule has 0 saturated heterocycles. The number of hydrogen-bond acceptors (Lipinski definition) is 3. The summed E-state index contributed by atoms with van der Waals surface area (Å²) in [5.41, 5.74) is 2.92. The molecule has 0 saturated carbocycles. The number of amides is 1. The molecule has 2 rings (SSSR count). The minimum Gasteiger partial charge on any atom is -0.375 e. The van der Waals surface area contributed by atoms with Gasteiger partial charge in [0.2, 0.25) is 0 Å². The number of rotatable bonds is 8. The Bertz CT molecular complexity index is 728. The Kier molecular flexibility index (Phi) is 8.32. The third kappa shape index (κ3) is 7.11. The highest BCUT2D eigenvalue weighted by atomic mass is 16.5. The van der Waals surface area contributed by atoms with Crippen molar-refractivity contribution in [3.05, 3.63) is 71.3 Å². The fraction of sp³-hybridized carbons (Fsp3) is 0.333. The standard InChI is InChI=1S/C21H28N4O2/c1-22-21(23-13-14-27-16-18-7-5-4-6-8-18)24-15-17-9-11-19(12-10-17)20(26)25(2)3/h4-12H,13-16H2,1-3H3,(H2,22,23,24). The predicted molar refractivity (Wildman–Crippen MR) is 109 cm³/mol. The van der Waals surface area contributed by atoms with E-state index in [0.717, 1.165) is 11.1 Å². The summed E-state index contributed by atoms with van der Waals surface area (Å²) in [5, 5.41) is 6.48. The zero-order chi connectivity index (χ0) is 19.5. The lowest BCUT2D eigenvalue weighted by Gasteiger charge is -2.13. The van der Waals surface area contributed by atoms with Gasteiger partial charge >= 0.3 is 0 Å². The lowest BCUT2D eigenvalue weighted by atomic mass is 10.1. The van der Waals surface area contributed by atoms with Crippen LogP contribution in [-0.2, 0) is 17.9 Å². The molecule has 0 aromatic heterocycles. The van der Waals surface area contributed by atoms with E-state index in [2.05, 4.69) is 15.6 Å². The number of guanidine groups is 1. The Balaban J connectivity index is 1.68. The molecule has 27 heavy (non-hydrogen) atoms. The van der Waals surface area contributed by atoms with Gasteiger partial charge in [-0.3, -0.25) is 9.79 Å². The Hall–Kier alpha value is -2.86. The van der Waals surface area contributed by atoms with E-state index >= 15 is 0 Å². The Morgan fingerprint density at radius 2 is 1.70 bits per heavy atom. The van der Waals surface area contributed by atoms with E-state index in [1.54, 1.807) is 26.0 Å². The van der Waals surface area contributed by atoms with Crippen LogP contribution in [0.1, 0.15) is 21.5 Å². The van der Waals surface area contributed by atoms with E-state index in [0.29, 0.717) is 37.8 Å². The molecule has 0 aliphatic carbocycles.